The zero-order valence-corrected chi connectivity index (χ0v) is 74.8. The fourth-order valence-electron chi connectivity index (χ4n) is 14.2. The van der Waals surface area contributed by atoms with Crippen molar-refractivity contribution < 1.29 is 82.1 Å². The summed E-state index contributed by atoms with van der Waals surface area (Å²) in [5.74, 6) is -5.60. The summed E-state index contributed by atoms with van der Waals surface area (Å²) in [6, 6.07) is 38.3. The second kappa shape index (κ2) is 44.3. The fraction of sp³-hybridized carbons (Fsp3) is 0.138. The van der Waals surface area contributed by atoms with Gasteiger partial charge in [0.1, 0.15) is 95.0 Å². The number of aromatic nitrogens is 25. The summed E-state index contributed by atoms with van der Waals surface area (Å²) in [6.07, 6.45) is 22.9. The molecule has 0 spiro atoms. The molecule has 0 amide bonds. The molecule has 15 heterocycles. The third-order valence-electron chi connectivity index (χ3n) is 21.0. The molecule has 0 bridgehead atoms. The lowest BCUT2D eigenvalue weighted by atomic mass is 10.0. The van der Waals surface area contributed by atoms with Crippen LogP contribution in [0.3, 0.4) is 0 Å². The van der Waals surface area contributed by atoms with E-state index in [9.17, 15) is 64.4 Å². The van der Waals surface area contributed by atoms with Gasteiger partial charge in [-0.1, -0.05) is 137 Å². The van der Waals surface area contributed by atoms with Gasteiger partial charge >= 0.3 is 5.97 Å². The van der Waals surface area contributed by atoms with Crippen molar-refractivity contribution in [2.45, 2.75) is 58.0 Å². The molecule has 0 fully saturated rings. The van der Waals surface area contributed by atoms with Gasteiger partial charge in [0.2, 0.25) is 17.7 Å². The van der Waals surface area contributed by atoms with Crippen LogP contribution in [-0.2, 0) is 36.9 Å². The molecule has 0 saturated heterocycles. The van der Waals surface area contributed by atoms with E-state index in [1.165, 1.54) is 103 Å². The summed E-state index contributed by atoms with van der Waals surface area (Å²) in [4.78, 5) is 67.1. The maximum atomic E-state index is 14.6. The van der Waals surface area contributed by atoms with Crippen molar-refractivity contribution in [1.82, 2.24) is 124 Å². The Morgan fingerprint density at radius 2 is 0.796 bits per heavy atom. The number of benzene rings is 5. The van der Waals surface area contributed by atoms with E-state index < -0.39 is 60.1 Å². The average molecular weight is 1960 g/mol. The van der Waals surface area contributed by atoms with Crippen LogP contribution >= 0.6 is 11.6 Å². The highest BCUT2D eigenvalue weighted by Gasteiger charge is 2.32. The molecule has 0 aliphatic rings. The number of H-pyrrole nitrogens is 1. The van der Waals surface area contributed by atoms with E-state index in [0.717, 1.165) is 24.8 Å². The zero-order valence-electron chi connectivity index (χ0n) is 74.1. The number of likely N-dealkylation sites (N-methyl/N-ethyl adjacent to an activating group) is 1. The number of aromatic amines is 1. The molecular weight excluding hydrogens is 1890 g/mol. The number of nitrogens with two attached hydrogens (primary N) is 1. The number of carboxylic acid groups (broad SMARTS) is 1. The lowest BCUT2D eigenvalue weighted by Crippen LogP contribution is -2.43. The summed E-state index contributed by atoms with van der Waals surface area (Å²) in [5, 5.41) is 68.2. The van der Waals surface area contributed by atoms with Crippen molar-refractivity contribution in [3.8, 4) is 86.2 Å². The minimum absolute atomic E-state index is 0.0145. The highest BCUT2D eigenvalue weighted by molar-refractivity contribution is 6.29. The van der Waals surface area contributed by atoms with Crippen LogP contribution in [-0.4, -0.2) is 178 Å². The van der Waals surface area contributed by atoms with Gasteiger partial charge in [-0.3, -0.25) is 9.78 Å². The zero-order chi connectivity index (χ0) is 99.6. The number of aliphatic carboxylic acids is 1. The molecule has 0 aliphatic carbocycles. The van der Waals surface area contributed by atoms with E-state index in [2.05, 4.69) is 106 Å². The highest BCUT2D eigenvalue weighted by Crippen LogP contribution is 2.34. The lowest BCUT2D eigenvalue weighted by Gasteiger charge is -2.28. The van der Waals surface area contributed by atoms with Crippen LogP contribution in [0.2, 0.25) is 5.15 Å². The van der Waals surface area contributed by atoms with Crippen molar-refractivity contribution in [3.63, 3.8) is 0 Å². The Hall–Kier alpha value is -18.2. The number of nitrogens with zero attached hydrogens (tertiary/aromatic N) is 25. The smallest absolute Gasteiger partial charge is 0.326 e. The number of carboxylic acids is 1. The predicted molar refractivity (Wildman–Crippen MR) is 488 cm³/mol. The molecule has 0 unspecified atom stereocenters. The molecule has 1 atom stereocenters. The molecule has 0 radical (unpaired) electrons. The van der Waals surface area contributed by atoms with Crippen molar-refractivity contribution in [2.24, 2.45) is 5.92 Å². The predicted octanol–water partition coefficient (Wildman–Crippen LogP) is 14.6. The van der Waals surface area contributed by atoms with Crippen molar-refractivity contribution >= 4 is 35.0 Å². The van der Waals surface area contributed by atoms with E-state index in [4.69, 9.17) is 39.8 Å². The maximum absolute atomic E-state index is 14.6. The molecule has 20 rings (SSSR count). The number of hydrogen-bond donors (Lipinski definition) is 6. The first-order valence-corrected chi connectivity index (χ1v) is 42.8. The molecular formula is C94H74ClF9N28O10. The van der Waals surface area contributed by atoms with E-state index in [0.29, 0.717) is 125 Å². The van der Waals surface area contributed by atoms with Gasteiger partial charge in [-0.05, 0) is 70.1 Å². The van der Waals surface area contributed by atoms with Crippen LogP contribution in [0.15, 0.2) is 278 Å². The van der Waals surface area contributed by atoms with Crippen LogP contribution in [0.5, 0.6) is 0 Å². The van der Waals surface area contributed by atoms with Gasteiger partial charge in [-0.2, -0.15) is 49.8 Å². The molecule has 38 nitrogen and oxygen atoms in total. The maximum Gasteiger partial charge on any atom is 0.326 e. The molecule has 5 aromatic carbocycles. The molecule has 720 valence electrons. The highest BCUT2D eigenvalue weighted by atomic mass is 35.5. The number of anilines is 3. The summed E-state index contributed by atoms with van der Waals surface area (Å²) in [6.45, 7) is 2.62. The largest absolute Gasteiger partial charge is 0.480 e. The Morgan fingerprint density at radius 1 is 0.430 bits per heavy atom. The molecule has 7 N–H and O–H groups in total. The van der Waals surface area contributed by atoms with Crippen molar-refractivity contribution in [2.75, 3.05) is 36.2 Å². The quantitative estimate of drug-likeness (QED) is 0.0196. The van der Waals surface area contributed by atoms with Crippen LogP contribution < -0.4 is 21.5 Å². The third-order valence-corrected chi connectivity index (χ3v) is 21.3. The van der Waals surface area contributed by atoms with Crippen molar-refractivity contribution in [1.29, 1.82) is 0 Å². The number of aliphatic hydroxyl groups is 2. The first-order valence-electron chi connectivity index (χ1n) is 42.4. The summed E-state index contributed by atoms with van der Waals surface area (Å²) in [5.41, 5.74) is 14.6. The van der Waals surface area contributed by atoms with Crippen LogP contribution in [0.4, 0.5) is 57.0 Å². The Morgan fingerprint density at radius 3 is 1.16 bits per heavy atom. The Labute approximate surface area is 799 Å². The summed E-state index contributed by atoms with van der Waals surface area (Å²) >= 11 is 5.72. The number of rotatable bonds is 28. The van der Waals surface area contributed by atoms with Gasteiger partial charge in [0.05, 0.1) is 84.3 Å². The molecule has 48 heteroatoms. The number of hydrogen-bond acceptors (Lipinski definition) is 31. The Kier molecular flexibility index (Phi) is 30.3. The Balaban J connectivity index is 0.000000128. The number of nitrogens with one attached hydrogen (secondary N) is 2. The first kappa shape index (κ1) is 97.0. The second-order valence-corrected chi connectivity index (χ2v) is 31.3. The van der Waals surface area contributed by atoms with Gasteiger partial charge < -0.3 is 53.8 Å². The average Bonchev–Trinajstić information content (AvgIpc) is 1.64. The minimum Gasteiger partial charge on any atom is -0.480 e. The topological polar surface area (TPSA) is 487 Å². The van der Waals surface area contributed by atoms with Gasteiger partial charge in [0.25, 0.3) is 29.4 Å². The second-order valence-electron chi connectivity index (χ2n) is 30.9. The third kappa shape index (κ3) is 23.1. The van der Waals surface area contributed by atoms with Gasteiger partial charge in [-0.15, -0.1) is 0 Å². The van der Waals surface area contributed by atoms with Gasteiger partial charge in [-0.25, -0.2) is 93.2 Å². The molecule has 15 aromatic heterocycles. The number of carbonyl (C=O) groups is 1. The van der Waals surface area contributed by atoms with E-state index in [1.54, 1.807) is 172 Å². The summed E-state index contributed by atoms with van der Waals surface area (Å²) in [7, 11) is 1.46. The van der Waals surface area contributed by atoms with Gasteiger partial charge in [0.15, 0.2) is 34.2 Å². The number of nitrogen functional groups attached to an aromatic ring is 1. The minimum atomic E-state index is -1.10. The Bertz CT molecular complexity index is 7760. The molecule has 0 saturated carbocycles. The number of oxazole rings is 1. The van der Waals surface area contributed by atoms with Crippen LogP contribution in [0.1, 0.15) is 70.1 Å². The van der Waals surface area contributed by atoms with E-state index in [-0.39, 0.29) is 108 Å². The van der Waals surface area contributed by atoms with E-state index >= 15 is 0 Å². The normalized spacial score (nSPS) is 11.3. The van der Waals surface area contributed by atoms with E-state index in [1.807, 2.05) is 0 Å². The fourth-order valence-corrected chi connectivity index (χ4v) is 14.3. The summed E-state index contributed by atoms with van der Waals surface area (Å²) < 4.78 is 157. The van der Waals surface area contributed by atoms with Crippen LogP contribution in [0, 0.1) is 58.3 Å². The number of aliphatic hydroxyl groups excluding tert-OH is 2. The first-order chi connectivity index (χ1) is 68.8. The van der Waals surface area contributed by atoms with Crippen molar-refractivity contribution in [3.05, 3.63) is 375 Å². The SMILES string of the molecule is CC(C)[C@@H](C(=O)O)N(C)c1nc(-n2cc(-c3ccon3)c(Cc3ccccc3F)n2)ncc1F.Fc1ccccc1Cc1nn(-c2ncc(F)c(Cl)n2)cc1-c1ccon1.Nc1ccnc(-n2cc(-c3ncco3)c(Cc3ccccc3F)n2)n1.O=c1[nH]c(-n2cc(-c3ccon3)c(Cc3ccccc3F)n2)ncc1F.OCC(CO)Nc1nc(-n2cc(-c3ccon3)c(Cc3ccccc3F)n2)ncc1F. The monoisotopic (exact) mass is 1960 g/mol. The standard InChI is InChI=1S/C23H22F2N6O3.C20H18F2N6O3.C17H10ClF2N5O.C17H11F2N5O2.C17H13FN6O/c1-13(2)20(22(32)33)30(3)21-17(25)11-26-23(27-21)31-12-15(18-8-9-34-29-18)19(28-31)10-14-6-4-5-7-16(14)24;21-15-4-2-1-3-12(15)7-18-14(17-5-6-31-27-17)9-28(26-18)20-23-8-16(22)19(25-20)24-13(10-29)11-30;18-16-13(20)8-21-17(22-16)25-9-11(14-5-6-26-24-14)15(23-25)7-10-3-1-2-4-12(10)19;18-12-4-2-1-3-10(12)7-15-11(14-5-6-26-23-14)9-24(22-15)17-20-8-13(19)16(25)21-17;18-13-4-2-1-3-11(13)9-14-12(16-20-7-8-25-16)10-24(23-14)17-21-6-5-15(19)22-17/h4-9,11-13,20H,10H2,1-3H3,(H,32,33);1-6,8-9,13,29-30H,7,10-11H2,(H,23,24,25);1-6,8-9H,7H2;1-6,8-9H,7H2,(H,20,21,25);1-8,10H,9H2,(H2,19,21,22)/t20-;;;;/m0..../s1. The van der Waals surface area contributed by atoms with Gasteiger partial charge in [0, 0.05) is 123 Å². The lowest BCUT2D eigenvalue weighted by molar-refractivity contribution is -0.139. The molecule has 142 heavy (non-hydrogen) atoms. The van der Waals surface area contributed by atoms with Crippen LogP contribution in [0.25, 0.3) is 86.2 Å². The molecule has 20 aromatic rings. The number of halogens is 10. The molecule has 0 aliphatic heterocycles.